The standard InChI is InChI=1S/C32H40O6/c1-31(2,19-33)13-7-9-21-15-23(35)17-27(29(21)37)25-11-5-6-12-26(25)28-18-24(36)16-22(30(28)38)10-8-14-32(3,4)20-34/h5-6,11-12,15-18,29,33-34,37H,7-10,13-14,19-20H2,1-4H3. The molecule has 3 N–H and O–H groups in total. The van der Waals surface area contributed by atoms with E-state index in [2.05, 4.69) is 0 Å². The fraction of sp³-hybridized carbons (Fsp3) is 0.469. The van der Waals surface area contributed by atoms with Crippen LogP contribution in [-0.2, 0) is 14.4 Å². The Morgan fingerprint density at radius 3 is 1.89 bits per heavy atom. The van der Waals surface area contributed by atoms with Crippen LogP contribution < -0.4 is 0 Å². The van der Waals surface area contributed by atoms with Gasteiger partial charge < -0.3 is 15.3 Å². The van der Waals surface area contributed by atoms with Crippen molar-refractivity contribution in [3.63, 3.8) is 0 Å². The average Bonchev–Trinajstić information content (AvgIpc) is 2.87. The van der Waals surface area contributed by atoms with Gasteiger partial charge in [0.25, 0.3) is 0 Å². The lowest BCUT2D eigenvalue weighted by Crippen LogP contribution is -2.22. The number of carbonyl (C=O) groups is 3. The zero-order valence-corrected chi connectivity index (χ0v) is 22.9. The van der Waals surface area contributed by atoms with Crippen LogP contribution in [-0.4, -0.2) is 52.0 Å². The Balaban J connectivity index is 1.84. The van der Waals surface area contributed by atoms with Crippen LogP contribution in [0.4, 0.5) is 0 Å². The molecular weight excluding hydrogens is 480 g/mol. The number of ketones is 3. The highest BCUT2D eigenvalue weighted by Crippen LogP contribution is 2.37. The topological polar surface area (TPSA) is 112 Å². The normalized spacial score (nSPS) is 18.7. The smallest absolute Gasteiger partial charge is 0.189 e. The third kappa shape index (κ3) is 7.34. The molecule has 204 valence electrons. The maximum Gasteiger partial charge on any atom is 0.189 e. The van der Waals surface area contributed by atoms with Gasteiger partial charge in [-0.05, 0) is 95.9 Å². The lowest BCUT2D eigenvalue weighted by molar-refractivity contribution is -0.114. The molecule has 1 atom stereocenters. The van der Waals surface area contributed by atoms with Crippen LogP contribution >= 0.6 is 0 Å². The molecule has 0 amide bonds. The first-order valence-corrected chi connectivity index (χ1v) is 13.3. The third-order valence-corrected chi connectivity index (χ3v) is 7.41. The summed E-state index contributed by atoms with van der Waals surface area (Å²) in [4.78, 5) is 38.7. The Bertz CT molecular complexity index is 1210. The molecule has 0 saturated heterocycles. The van der Waals surface area contributed by atoms with Crippen molar-refractivity contribution in [1.29, 1.82) is 0 Å². The quantitative estimate of drug-likeness (QED) is 0.342. The Labute approximate surface area is 225 Å². The molecule has 6 heteroatoms. The van der Waals surface area contributed by atoms with Crippen molar-refractivity contribution in [3.8, 4) is 0 Å². The summed E-state index contributed by atoms with van der Waals surface area (Å²) in [6.07, 6.45) is 8.31. The molecule has 0 bridgehead atoms. The van der Waals surface area contributed by atoms with Crippen molar-refractivity contribution in [2.45, 2.75) is 72.3 Å². The first-order chi connectivity index (χ1) is 17.9. The Morgan fingerprint density at radius 2 is 1.29 bits per heavy atom. The minimum Gasteiger partial charge on any atom is -0.396 e. The monoisotopic (exact) mass is 520 g/mol. The number of allylic oxidation sites excluding steroid dienone is 6. The van der Waals surface area contributed by atoms with Crippen LogP contribution in [0.1, 0.15) is 77.3 Å². The summed E-state index contributed by atoms with van der Waals surface area (Å²) >= 11 is 0. The minimum atomic E-state index is -1.02. The summed E-state index contributed by atoms with van der Waals surface area (Å²) in [7, 11) is 0. The van der Waals surface area contributed by atoms with E-state index in [1.807, 2.05) is 27.7 Å². The Morgan fingerprint density at radius 1 is 0.737 bits per heavy atom. The summed E-state index contributed by atoms with van der Waals surface area (Å²) in [5, 5.41) is 30.3. The number of Topliss-reactive ketones (excluding diaryl/α,β-unsaturated/α-hetero) is 1. The summed E-state index contributed by atoms with van der Waals surface area (Å²) in [6, 6.07) is 7.05. The van der Waals surface area contributed by atoms with Gasteiger partial charge in [-0.25, -0.2) is 0 Å². The lowest BCUT2D eigenvalue weighted by atomic mass is 9.80. The number of aliphatic hydroxyl groups excluding tert-OH is 3. The SMILES string of the molecule is CC(C)(CO)CCCC1=CC(=O)C=C(c2ccccc2C2=CC(=O)C=C(CCCC(C)(C)CO)C2O)C1=O. The van der Waals surface area contributed by atoms with Gasteiger partial charge >= 0.3 is 0 Å². The number of hydrogen-bond acceptors (Lipinski definition) is 6. The van der Waals surface area contributed by atoms with E-state index in [9.17, 15) is 29.7 Å². The van der Waals surface area contributed by atoms with Crippen LogP contribution in [0.15, 0.2) is 59.7 Å². The zero-order chi connectivity index (χ0) is 28.1. The van der Waals surface area contributed by atoms with Crippen LogP contribution in [0.5, 0.6) is 0 Å². The van der Waals surface area contributed by atoms with Gasteiger partial charge in [-0.3, -0.25) is 14.4 Å². The van der Waals surface area contributed by atoms with E-state index in [4.69, 9.17) is 0 Å². The highest BCUT2D eigenvalue weighted by atomic mass is 16.3. The van der Waals surface area contributed by atoms with Crippen LogP contribution in [0.2, 0.25) is 0 Å². The molecule has 1 aromatic carbocycles. The molecule has 3 rings (SSSR count). The van der Waals surface area contributed by atoms with Gasteiger partial charge in [0, 0.05) is 24.4 Å². The molecule has 0 spiro atoms. The van der Waals surface area contributed by atoms with Crippen molar-refractivity contribution < 1.29 is 29.7 Å². The van der Waals surface area contributed by atoms with Crippen molar-refractivity contribution >= 4 is 28.5 Å². The van der Waals surface area contributed by atoms with Gasteiger partial charge in [0.15, 0.2) is 17.3 Å². The zero-order valence-electron chi connectivity index (χ0n) is 22.9. The van der Waals surface area contributed by atoms with Crippen molar-refractivity contribution in [1.82, 2.24) is 0 Å². The van der Waals surface area contributed by atoms with Gasteiger partial charge in [-0.2, -0.15) is 0 Å². The van der Waals surface area contributed by atoms with Gasteiger partial charge in [0.1, 0.15) is 6.10 Å². The Hall–Kier alpha value is -2.93. The molecule has 0 aromatic heterocycles. The second-order valence-electron chi connectivity index (χ2n) is 12.0. The molecule has 0 heterocycles. The third-order valence-electron chi connectivity index (χ3n) is 7.41. The molecule has 0 fully saturated rings. The number of aliphatic hydroxyl groups is 3. The van der Waals surface area contributed by atoms with Gasteiger partial charge in [-0.15, -0.1) is 0 Å². The van der Waals surface area contributed by atoms with Crippen molar-refractivity contribution in [2.75, 3.05) is 13.2 Å². The molecular formula is C32H40O6. The van der Waals surface area contributed by atoms with Gasteiger partial charge in [0.2, 0.25) is 0 Å². The van der Waals surface area contributed by atoms with E-state index in [-0.39, 0.29) is 47.0 Å². The summed E-state index contributed by atoms with van der Waals surface area (Å²) in [6.45, 7) is 7.96. The number of rotatable bonds is 12. The van der Waals surface area contributed by atoms with E-state index in [0.29, 0.717) is 60.0 Å². The van der Waals surface area contributed by atoms with Crippen LogP contribution in [0.3, 0.4) is 0 Å². The molecule has 2 aliphatic rings. The van der Waals surface area contributed by atoms with E-state index in [0.717, 1.165) is 6.42 Å². The number of hydrogen-bond donors (Lipinski definition) is 3. The van der Waals surface area contributed by atoms with Crippen molar-refractivity contribution in [3.05, 3.63) is 70.8 Å². The summed E-state index contributed by atoms with van der Waals surface area (Å²) in [5.74, 6) is -0.742. The molecule has 6 nitrogen and oxygen atoms in total. The first kappa shape index (κ1) is 29.6. The molecule has 2 aliphatic carbocycles. The van der Waals surface area contributed by atoms with E-state index in [1.165, 1.54) is 24.3 Å². The molecule has 0 aliphatic heterocycles. The highest BCUT2D eigenvalue weighted by molar-refractivity contribution is 6.36. The van der Waals surface area contributed by atoms with Gasteiger partial charge in [-0.1, -0.05) is 52.0 Å². The molecule has 0 radical (unpaired) electrons. The maximum absolute atomic E-state index is 13.5. The van der Waals surface area contributed by atoms with Crippen molar-refractivity contribution in [2.24, 2.45) is 10.8 Å². The van der Waals surface area contributed by atoms with E-state index in [1.54, 1.807) is 24.3 Å². The van der Waals surface area contributed by atoms with Crippen LogP contribution in [0, 0.1) is 10.8 Å². The maximum atomic E-state index is 13.5. The van der Waals surface area contributed by atoms with E-state index >= 15 is 0 Å². The molecule has 0 saturated carbocycles. The highest BCUT2D eigenvalue weighted by Gasteiger charge is 2.30. The lowest BCUT2D eigenvalue weighted by Gasteiger charge is -2.26. The predicted molar refractivity (Wildman–Crippen MR) is 149 cm³/mol. The summed E-state index contributed by atoms with van der Waals surface area (Å²) < 4.78 is 0. The molecule has 1 unspecified atom stereocenters. The predicted octanol–water partition coefficient (Wildman–Crippen LogP) is 4.78. The number of carbonyl (C=O) groups excluding carboxylic acids is 3. The van der Waals surface area contributed by atoms with Crippen LogP contribution in [0.25, 0.3) is 11.1 Å². The largest absolute Gasteiger partial charge is 0.396 e. The minimum absolute atomic E-state index is 0.0449. The van der Waals surface area contributed by atoms with E-state index < -0.39 is 6.10 Å². The average molecular weight is 521 g/mol. The molecule has 38 heavy (non-hydrogen) atoms. The second kappa shape index (κ2) is 12.3. The second-order valence-corrected chi connectivity index (χ2v) is 12.0. The van der Waals surface area contributed by atoms with Gasteiger partial charge in [0.05, 0.1) is 0 Å². The Kier molecular flexibility index (Phi) is 9.58. The summed E-state index contributed by atoms with van der Waals surface area (Å²) in [5.41, 5.74) is 2.24. The number of benzene rings is 1. The fourth-order valence-corrected chi connectivity index (χ4v) is 4.87. The first-order valence-electron chi connectivity index (χ1n) is 13.3. The molecule has 1 aromatic rings. The fourth-order valence-electron chi connectivity index (χ4n) is 4.87.